The molecule has 1 aliphatic carbocycles. The molecule has 1 aromatic carbocycles. The standard InChI is InChI=1S/C17H24ClNO4S/c18-14-6-2-3-7-15(14)24(22,23)11-8-16(21)19-12-17(13-20)9-4-1-5-10-17/h2-3,6-7,20H,1,4-5,8-13H2,(H,19,21). The van der Waals surface area contributed by atoms with E-state index < -0.39 is 9.84 Å². The minimum absolute atomic E-state index is 0.0468. The Morgan fingerprint density at radius 2 is 1.88 bits per heavy atom. The summed E-state index contributed by atoms with van der Waals surface area (Å²) < 4.78 is 24.6. The topological polar surface area (TPSA) is 83.5 Å². The third kappa shape index (κ3) is 4.94. The fourth-order valence-electron chi connectivity index (χ4n) is 3.10. The van der Waals surface area contributed by atoms with E-state index in [-0.39, 0.29) is 40.0 Å². The van der Waals surface area contributed by atoms with Crippen LogP contribution in [0.25, 0.3) is 0 Å². The highest BCUT2D eigenvalue weighted by molar-refractivity contribution is 7.91. The van der Waals surface area contributed by atoms with Gasteiger partial charge in [0.2, 0.25) is 5.91 Å². The second-order valence-electron chi connectivity index (χ2n) is 6.49. The summed E-state index contributed by atoms with van der Waals surface area (Å²) in [6, 6.07) is 6.22. The summed E-state index contributed by atoms with van der Waals surface area (Å²) in [5.41, 5.74) is -0.254. The molecule has 7 heteroatoms. The third-order valence-corrected chi connectivity index (χ3v) is 6.89. The number of nitrogens with one attached hydrogen (secondary N) is 1. The third-order valence-electron chi connectivity index (χ3n) is 4.68. The van der Waals surface area contributed by atoms with Crippen molar-refractivity contribution >= 4 is 27.3 Å². The number of aliphatic hydroxyl groups excluding tert-OH is 1. The smallest absolute Gasteiger partial charge is 0.221 e. The first-order chi connectivity index (χ1) is 11.4. The van der Waals surface area contributed by atoms with Gasteiger partial charge in [-0.15, -0.1) is 0 Å². The maximum atomic E-state index is 12.3. The predicted molar refractivity (Wildman–Crippen MR) is 93.7 cm³/mol. The fourth-order valence-corrected chi connectivity index (χ4v) is 4.91. The molecule has 1 aliphatic rings. The van der Waals surface area contributed by atoms with Crippen molar-refractivity contribution in [3.8, 4) is 0 Å². The molecular formula is C17H24ClNO4S. The maximum absolute atomic E-state index is 12.3. The van der Waals surface area contributed by atoms with Crippen LogP contribution in [0.1, 0.15) is 38.5 Å². The van der Waals surface area contributed by atoms with Crippen molar-refractivity contribution in [2.45, 2.75) is 43.4 Å². The molecule has 0 aromatic heterocycles. The molecular weight excluding hydrogens is 350 g/mol. The lowest BCUT2D eigenvalue weighted by Crippen LogP contribution is -2.41. The lowest BCUT2D eigenvalue weighted by Gasteiger charge is -2.35. The summed E-state index contributed by atoms with van der Waals surface area (Å²) in [4.78, 5) is 12.1. The number of hydrogen-bond acceptors (Lipinski definition) is 4. The van der Waals surface area contributed by atoms with Gasteiger partial charge >= 0.3 is 0 Å². The van der Waals surface area contributed by atoms with Gasteiger partial charge in [0.15, 0.2) is 9.84 Å². The summed E-state index contributed by atoms with van der Waals surface area (Å²) in [7, 11) is -3.59. The van der Waals surface area contributed by atoms with Crippen molar-refractivity contribution in [2.75, 3.05) is 18.9 Å². The number of aliphatic hydroxyl groups is 1. The monoisotopic (exact) mass is 373 g/mol. The van der Waals surface area contributed by atoms with E-state index in [0.29, 0.717) is 6.54 Å². The summed E-state index contributed by atoms with van der Waals surface area (Å²) in [5, 5.41) is 12.6. The zero-order chi connectivity index (χ0) is 17.6. The van der Waals surface area contributed by atoms with Crippen molar-refractivity contribution in [2.24, 2.45) is 5.41 Å². The minimum atomic E-state index is -3.59. The summed E-state index contributed by atoms with van der Waals surface area (Å²) >= 11 is 5.92. The Balaban J connectivity index is 1.88. The lowest BCUT2D eigenvalue weighted by molar-refractivity contribution is -0.121. The first kappa shape index (κ1) is 19.2. The van der Waals surface area contributed by atoms with E-state index >= 15 is 0 Å². The van der Waals surface area contributed by atoms with Gasteiger partial charge in [-0.3, -0.25) is 4.79 Å². The van der Waals surface area contributed by atoms with Crippen molar-refractivity contribution < 1.29 is 18.3 Å². The van der Waals surface area contributed by atoms with Crippen LogP contribution in [0.3, 0.4) is 0 Å². The average Bonchev–Trinajstić information content (AvgIpc) is 2.59. The van der Waals surface area contributed by atoms with E-state index in [2.05, 4.69) is 5.32 Å². The van der Waals surface area contributed by atoms with Crippen LogP contribution in [0.15, 0.2) is 29.2 Å². The predicted octanol–water partition coefficient (Wildman–Crippen LogP) is 2.56. The molecule has 0 heterocycles. The summed E-state index contributed by atoms with van der Waals surface area (Å²) in [6.07, 6.45) is 4.93. The van der Waals surface area contributed by atoms with Crippen LogP contribution in [-0.2, 0) is 14.6 Å². The molecule has 0 unspecified atom stereocenters. The second kappa shape index (κ2) is 8.32. The molecule has 0 radical (unpaired) electrons. The van der Waals surface area contributed by atoms with Crippen LogP contribution in [-0.4, -0.2) is 38.3 Å². The van der Waals surface area contributed by atoms with E-state index in [1.165, 1.54) is 12.1 Å². The number of carbonyl (C=O) groups is 1. The molecule has 134 valence electrons. The normalized spacial score (nSPS) is 17.4. The molecule has 0 spiro atoms. The number of sulfone groups is 1. The van der Waals surface area contributed by atoms with Gasteiger partial charge in [0.05, 0.1) is 22.3 Å². The highest BCUT2D eigenvalue weighted by Gasteiger charge is 2.31. The van der Waals surface area contributed by atoms with Crippen molar-refractivity contribution in [3.05, 3.63) is 29.3 Å². The molecule has 1 saturated carbocycles. The Morgan fingerprint density at radius 1 is 1.21 bits per heavy atom. The van der Waals surface area contributed by atoms with E-state index in [4.69, 9.17) is 11.6 Å². The van der Waals surface area contributed by atoms with Gasteiger partial charge in [-0.2, -0.15) is 0 Å². The van der Waals surface area contributed by atoms with Crippen LogP contribution in [0, 0.1) is 5.41 Å². The fraction of sp³-hybridized carbons (Fsp3) is 0.588. The van der Waals surface area contributed by atoms with Crippen molar-refractivity contribution in [3.63, 3.8) is 0 Å². The molecule has 0 atom stereocenters. The quantitative estimate of drug-likeness (QED) is 0.769. The maximum Gasteiger partial charge on any atom is 0.221 e. The Kier molecular flexibility index (Phi) is 6.66. The molecule has 1 aromatic rings. The zero-order valence-corrected chi connectivity index (χ0v) is 15.2. The molecule has 0 aliphatic heterocycles. The largest absolute Gasteiger partial charge is 0.396 e. The van der Waals surface area contributed by atoms with Crippen LogP contribution in [0.4, 0.5) is 0 Å². The van der Waals surface area contributed by atoms with Gasteiger partial charge < -0.3 is 10.4 Å². The molecule has 5 nitrogen and oxygen atoms in total. The minimum Gasteiger partial charge on any atom is -0.396 e. The number of benzene rings is 1. The highest BCUT2D eigenvalue weighted by atomic mass is 35.5. The molecule has 1 amide bonds. The molecule has 0 bridgehead atoms. The Morgan fingerprint density at radius 3 is 2.50 bits per heavy atom. The van der Waals surface area contributed by atoms with Crippen LogP contribution in [0.5, 0.6) is 0 Å². The average molecular weight is 374 g/mol. The second-order valence-corrected chi connectivity index (χ2v) is 8.98. The van der Waals surface area contributed by atoms with Crippen LogP contribution >= 0.6 is 11.6 Å². The van der Waals surface area contributed by atoms with E-state index in [1.807, 2.05) is 0 Å². The molecule has 1 fully saturated rings. The number of carbonyl (C=O) groups excluding carboxylic acids is 1. The lowest BCUT2D eigenvalue weighted by atomic mass is 9.74. The van der Waals surface area contributed by atoms with E-state index in [0.717, 1.165) is 32.1 Å². The molecule has 0 saturated heterocycles. The van der Waals surface area contributed by atoms with Gasteiger partial charge in [-0.05, 0) is 25.0 Å². The Hall–Kier alpha value is -1.11. The first-order valence-electron chi connectivity index (χ1n) is 8.23. The first-order valence-corrected chi connectivity index (χ1v) is 10.3. The number of rotatable bonds is 7. The molecule has 2 N–H and O–H groups in total. The number of hydrogen-bond donors (Lipinski definition) is 2. The SMILES string of the molecule is O=C(CCS(=O)(=O)c1ccccc1Cl)NCC1(CO)CCCCC1. The molecule has 24 heavy (non-hydrogen) atoms. The molecule has 2 rings (SSSR count). The van der Waals surface area contributed by atoms with Crippen molar-refractivity contribution in [1.29, 1.82) is 0 Å². The van der Waals surface area contributed by atoms with Gasteiger partial charge in [0.25, 0.3) is 0 Å². The highest BCUT2D eigenvalue weighted by Crippen LogP contribution is 2.35. The summed E-state index contributed by atoms with van der Waals surface area (Å²) in [5.74, 6) is -0.599. The Bertz CT molecular complexity index is 669. The van der Waals surface area contributed by atoms with Crippen LogP contribution < -0.4 is 5.32 Å². The van der Waals surface area contributed by atoms with E-state index in [1.54, 1.807) is 12.1 Å². The summed E-state index contributed by atoms with van der Waals surface area (Å²) in [6.45, 7) is 0.444. The van der Waals surface area contributed by atoms with Gasteiger partial charge in [-0.25, -0.2) is 8.42 Å². The number of halogens is 1. The van der Waals surface area contributed by atoms with E-state index in [9.17, 15) is 18.3 Å². The van der Waals surface area contributed by atoms with Gasteiger partial charge in [0, 0.05) is 18.4 Å². The van der Waals surface area contributed by atoms with Crippen LogP contribution in [0.2, 0.25) is 5.02 Å². The van der Waals surface area contributed by atoms with Crippen molar-refractivity contribution in [1.82, 2.24) is 5.32 Å². The number of amides is 1. The zero-order valence-electron chi connectivity index (χ0n) is 13.6. The Labute approximate surface area is 148 Å². The van der Waals surface area contributed by atoms with Gasteiger partial charge in [-0.1, -0.05) is 43.0 Å². The van der Waals surface area contributed by atoms with Gasteiger partial charge in [0.1, 0.15) is 0 Å².